The molecule has 0 unspecified atom stereocenters. The first-order chi connectivity index (χ1) is 21.9. The minimum Gasteiger partial charge on any atom is -0.478 e. The summed E-state index contributed by atoms with van der Waals surface area (Å²) in [6.45, 7) is 4.47. The molecule has 1 aromatic carbocycles. The summed E-state index contributed by atoms with van der Waals surface area (Å²) >= 11 is 0. The average Bonchev–Trinajstić information content (AvgIpc) is 3.46. The molecule has 1 saturated heterocycles. The second-order valence-corrected chi connectivity index (χ2v) is 11.2. The van der Waals surface area contributed by atoms with E-state index in [1.165, 1.54) is 18.1 Å². The lowest BCUT2D eigenvalue weighted by Gasteiger charge is -2.29. The van der Waals surface area contributed by atoms with Gasteiger partial charge in [0.25, 0.3) is 0 Å². The number of carbonyl (C=O) groups excluding carboxylic acids is 1. The van der Waals surface area contributed by atoms with Crippen LogP contribution in [0.4, 0.5) is 0 Å². The van der Waals surface area contributed by atoms with Crippen molar-refractivity contribution in [1.29, 1.82) is 0 Å². The predicted molar refractivity (Wildman–Crippen MR) is 163 cm³/mol. The number of hydrogen-bond donors (Lipinski definition) is 1. The van der Waals surface area contributed by atoms with Crippen LogP contribution >= 0.6 is 0 Å². The molecule has 1 N–H and O–H groups in total. The molecule has 6 heterocycles. The first-order valence-corrected chi connectivity index (χ1v) is 14.9. The van der Waals surface area contributed by atoms with Crippen molar-refractivity contribution < 1.29 is 24.2 Å². The van der Waals surface area contributed by atoms with Gasteiger partial charge in [-0.2, -0.15) is 5.10 Å². The largest absolute Gasteiger partial charge is 0.478 e. The van der Waals surface area contributed by atoms with Gasteiger partial charge in [0.1, 0.15) is 6.61 Å². The van der Waals surface area contributed by atoms with Crippen molar-refractivity contribution >= 4 is 22.6 Å². The Bertz CT molecular complexity index is 1880. The molecule has 0 radical (unpaired) electrons. The van der Waals surface area contributed by atoms with E-state index in [1.807, 2.05) is 35.4 Å². The van der Waals surface area contributed by atoms with Gasteiger partial charge >= 0.3 is 12.0 Å². The molecular formula is C33H31N7O5. The summed E-state index contributed by atoms with van der Waals surface area (Å²) in [4.78, 5) is 42.4. The number of carbonyl (C=O) groups is 2. The van der Waals surface area contributed by atoms with E-state index in [2.05, 4.69) is 31.8 Å². The molecule has 2 aliphatic rings. The molecule has 0 bridgehead atoms. The second kappa shape index (κ2) is 12.0. The first kappa shape index (κ1) is 28.5. The summed E-state index contributed by atoms with van der Waals surface area (Å²) in [6, 6.07) is 12.4. The van der Waals surface area contributed by atoms with Gasteiger partial charge in [-0.25, -0.2) is 14.8 Å². The van der Waals surface area contributed by atoms with E-state index in [9.17, 15) is 9.59 Å². The zero-order valence-electron chi connectivity index (χ0n) is 24.7. The molecule has 0 saturated carbocycles. The predicted octanol–water partition coefficient (Wildman–Crippen LogP) is 4.48. The van der Waals surface area contributed by atoms with Crippen LogP contribution in [0.2, 0.25) is 0 Å². The quantitative estimate of drug-likeness (QED) is 0.282. The number of hydrogen-bond acceptors (Lipinski definition) is 9. The van der Waals surface area contributed by atoms with Crippen LogP contribution in [-0.2, 0) is 29.1 Å². The minimum atomic E-state index is -1.10. The summed E-state index contributed by atoms with van der Waals surface area (Å²) in [6.07, 6.45) is 8.67. The number of aromatic nitrogens is 6. The highest BCUT2D eigenvalue weighted by molar-refractivity contribution is 5.97. The molecule has 1 fully saturated rings. The molecule has 1 amide bonds. The zero-order valence-corrected chi connectivity index (χ0v) is 24.7. The topological polar surface area (TPSA) is 145 Å². The van der Waals surface area contributed by atoms with Crippen molar-refractivity contribution in [3.05, 3.63) is 83.7 Å². The third-order valence-electron chi connectivity index (χ3n) is 8.43. The lowest BCUT2D eigenvalue weighted by Crippen LogP contribution is -2.35. The van der Waals surface area contributed by atoms with E-state index >= 15 is 0 Å². The summed E-state index contributed by atoms with van der Waals surface area (Å²) in [5, 5.41) is 16.2. The van der Waals surface area contributed by atoms with Crippen LogP contribution < -0.4 is 4.74 Å². The maximum absolute atomic E-state index is 12.3. The molecule has 12 heteroatoms. The molecule has 7 rings (SSSR count). The van der Waals surface area contributed by atoms with Crippen molar-refractivity contribution in [2.45, 2.75) is 45.4 Å². The highest BCUT2D eigenvalue weighted by Crippen LogP contribution is 2.37. The highest BCUT2D eigenvalue weighted by Gasteiger charge is 2.30. The van der Waals surface area contributed by atoms with Crippen molar-refractivity contribution in [3.8, 4) is 28.5 Å². The normalized spacial score (nSPS) is 15.2. The standard InChI is InChI=1S/C33H31N7O5/c1-20(41)39-10-7-30-28(18-39)31(38-40(30)25-8-11-44-12-9-25)26-4-2-3-21-13-29(35-17-27(21)26)22-5-6-24(34-14-22)19-45-33-36-15-23(16-37-33)32(42)43/h2-6,13-17,25H,7-12,18-19H2,1H3,(H,42,43). The number of benzene rings is 1. The van der Waals surface area contributed by atoms with Gasteiger partial charge < -0.3 is 19.5 Å². The van der Waals surface area contributed by atoms with Gasteiger partial charge in [-0.05, 0) is 36.4 Å². The Balaban J connectivity index is 1.16. The third kappa shape index (κ3) is 5.72. The summed E-state index contributed by atoms with van der Waals surface area (Å²) in [7, 11) is 0. The maximum Gasteiger partial charge on any atom is 0.338 e. The first-order valence-electron chi connectivity index (χ1n) is 14.9. The molecule has 0 spiro atoms. The zero-order chi connectivity index (χ0) is 30.9. The molecule has 228 valence electrons. The van der Waals surface area contributed by atoms with E-state index in [1.54, 1.807) is 13.1 Å². The Morgan fingerprint density at radius 3 is 2.58 bits per heavy atom. The number of carboxylic acid groups (broad SMARTS) is 1. The number of amides is 1. The Morgan fingerprint density at radius 1 is 1.02 bits per heavy atom. The van der Waals surface area contributed by atoms with Crippen LogP contribution in [0.5, 0.6) is 6.01 Å². The lowest BCUT2D eigenvalue weighted by molar-refractivity contribution is -0.129. The SMILES string of the molecule is CC(=O)N1CCc2c(c(-c3cccc4cc(-c5ccc(COc6ncc(C(=O)O)cn6)nc5)ncc34)nn2C2CCOCC2)C1. The van der Waals surface area contributed by atoms with E-state index in [-0.39, 0.29) is 30.1 Å². The molecule has 2 aliphatic heterocycles. The van der Waals surface area contributed by atoms with E-state index in [0.717, 1.165) is 71.3 Å². The van der Waals surface area contributed by atoms with Gasteiger partial charge in [0.15, 0.2) is 0 Å². The van der Waals surface area contributed by atoms with Gasteiger partial charge in [-0.3, -0.25) is 19.4 Å². The fraction of sp³-hybridized carbons (Fsp3) is 0.303. The van der Waals surface area contributed by atoms with Crippen LogP contribution in [0.15, 0.2) is 61.2 Å². The average molecular weight is 606 g/mol. The number of fused-ring (bicyclic) bond motifs is 2. The highest BCUT2D eigenvalue weighted by atomic mass is 16.5. The van der Waals surface area contributed by atoms with E-state index in [0.29, 0.717) is 18.8 Å². The van der Waals surface area contributed by atoms with Crippen LogP contribution in [0.25, 0.3) is 33.3 Å². The van der Waals surface area contributed by atoms with E-state index < -0.39 is 5.97 Å². The van der Waals surface area contributed by atoms with Crippen molar-refractivity contribution in [1.82, 2.24) is 34.6 Å². The molecule has 4 aromatic heterocycles. The molecule has 0 atom stereocenters. The Morgan fingerprint density at radius 2 is 1.84 bits per heavy atom. The van der Waals surface area contributed by atoms with Gasteiger partial charge in [0.2, 0.25) is 5.91 Å². The van der Waals surface area contributed by atoms with Gasteiger partial charge in [-0.1, -0.05) is 18.2 Å². The maximum atomic E-state index is 12.3. The number of pyridine rings is 2. The fourth-order valence-corrected chi connectivity index (χ4v) is 6.00. The van der Waals surface area contributed by atoms with Gasteiger partial charge in [-0.15, -0.1) is 0 Å². The Labute approximate surface area is 258 Å². The molecule has 5 aromatic rings. The monoisotopic (exact) mass is 605 g/mol. The third-order valence-corrected chi connectivity index (χ3v) is 8.43. The summed E-state index contributed by atoms with van der Waals surface area (Å²) in [5.74, 6) is -1.03. The summed E-state index contributed by atoms with van der Waals surface area (Å²) in [5.41, 5.74) is 6.54. The minimum absolute atomic E-state index is 0.0107. The number of nitrogens with zero attached hydrogens (tertiary/aromatic N) is 7. The molecule has 0 aliphatic carbocycles. The Hall–Kier alpha value is -5.23. The number of ether oxygens (including phenoxy) is 2. The van der Waals surface area contributed by atoms with E-state index in [4.69, 9.17) is 24.7 Å². The van der Waals surface area contributed by atoms with Gasteiger partial charge in [0.05, 0.1) is 28.7 Å². The smallest absolute Gasteiger partial charge is 0.338 e. The van der Waals surface area contributed by atoms with Crippen LogP contribution in [0.3, 0.4) is 0 Å². The van der Waals surface area contributed by atoms with Gasteiger partial charge in [0, 0.05) is 92.2 Å². The second-order valence-electron chi connectivity index (χ2n) is 11.2. The van der Waals surface area contributed by atoms with Crippen LogP contribution in [0.1, 0.15) is 53.1 Å². The summed E-state index contributed by atoms with van der Waals surface area (Å²) < 4.78 is 13.4. The lowest BCUT2D eigenvalue weighted by atomic mass is 9.96. The fourth-order valence-electron chi connectivity index (χ4n) is 6.00. The number of aromatic carboxylic acids is 1. The van der Waals surface area contributed by atoms with Crippen molar-refractivity contribution in [2.24, 2.45) is 0 Å². The molecule has 45 heavy (non-hydrogen) atoms. The number of rotatable bonds is 7. The van der Waals surface area contributed by atoms with Crippen LogP contribution in [-0.4, -0.2) is 71.4 Å². The molecule has 12 nitrogen and oxygen atoms in total. The molecular weight excluding hydrogens is 574 g/mol. The van der Waals surface area contributed by atoms with Crippen LogP contribution in [0, 0.1) is 0 Å². The Kier molecular flexibility index (Phi) is 7.64. The van der Waals surface area contributed by atoms with Crippen molar-refractivity contribution in [3.63, 3.8) is 0 Å². The van der Waals surface area contributed by atoms with Crippen molar-refractivity contribution in [2.75, 3.05) is 19.8 Å². The number of carboxylic acids is 1.